The number of alkyl halides is 3. The summed E-state index contributed by atoms with van der Waals surface area (Å²) >= 11 is 0. The highest BCUT2D eigenvalue weighted by molar-refractivity contribution is 5.54. The molecule has 0 radical (unpaired) electrons. The van der Waals surface area contributed by atoms with E-state index in [2.05, 4.69) is 9.51 Å². The second-order valence-electron chi connectivity index (χ2n) is 7.23. The summed E-state index contributed by atoms with van der Waals surface area (Å²) in [4.78, 5) is 28.8. The smallest absolute Gasteiger partial charge is 0.440 e. The van der Waals surface area contributed by atoms with E-state index in [1.165, 1.54) is 12.1 Å². The first-order valence-electron chi connectivity index (χ1n) is 10.0. The van der Waals surface area contributed by atoms with Crippen molar-refractivity contribution in [3.05, 3.63) is 98.2 Å². The van der Waals surface area contributed by atoms with E-state index >= 15 is 0 Å². The van der Waals surface area contributed by atoms with E-state index in [1.807, 2.05) is 11.1 Å². The lowest BCUT2D eigenvalue weighted by Crippen LogP contribution is -2.15. The van der Waals surface area contributed by atoms with Crippen LogP contribution in [0.4, 0.5) is 13.2 Å². The number of ether oxygens (including phenoxy) is 1. The van der Waals surface area contributed by atoms with Gasteiger partial charge in [0.25, 0.3) is 0 Å². The van der Waals surface area contributed by atoms with Gasteiger partial charge in [-0.25, -0.2) is 19.6 Å². The van der Waals surface area contributed by atoms with Crippen LogP contribution in [0.1, 0.15) is 22.6 Å². The molecule has 176 valence electrons. The number of aryl methyl sites for hydroxylation is 1. The van der Waals surface area contributed by atoms with Gasteiger partial charge in [0, 0.05) is 5.56 Å². The van der Waals surface area contributed by atoms with Crippen LogP contribution in [0, 0.1) is 6.92 Å². The minimum atomic E-state index is -4.41. The largest absolute Gasteiger partial charge is 0.487 e. The molecule has 0 aliphatic carbocycles. The molecule has 0 atom stereocenters. The predicted octanol–water partition coefficient (Wildman–Crippen LogP) is 4.40. The number of halogens is 3. The van der Waals surface area contributed by atoms with Gasteiger partial charge >= 0.3 is 17.6 Å². The molecule has 4 aromatic rings. The molecule has 2 heterocycles. The molecule has 11 heteroatoms. The highest BCUT2D eigenvalue weighted by Crippen LogP contribution is 2.31. The molecule has 0 bridgehead atoms. The second kappa shape index (κ2) is 9.30. The standard InChI is InChI=1S/C23H18F3N3O5/c1-14-19(27-20(33-14)16-7-9-17(10-8-16)23(24,25)26)13-32-18-6-2-4-15(12-18)5-3-11-29-21(30)28-22(31)34-29/h2-10,12H,11,13H2,1H3,(H,28,30,31)/b5-3+. The van der Waals surface area contributed by atoms with Crippen LogP contribution in [0.25, 0.3) is 17.5 Å². The summed E-state index contributed by atoms with van der Waals surface area (Å²) in [5.74, 6) is 0.418. The molecule has 0 saturated carbocycles. The maximum Gasteiger partial charge on any atom is 0.440 e. The first kappa shape index (κ1) is 22.9. The lowest BCUT2D eigenvalue weighted by molar-refractivity contribution is -0.137. The van der Waals surface area contributed by atoms with Crippen LogP contribution in [0.2, 0.25) is 0 Å². The van der Waals surface area contributed by atoms with Gasteiger partial charge in [0.2, 0.25) is 5.89 Å². The lowest BCUT2D eigenvalue weighted by atomic mass is 10.1. The number of aromatic nitrogens is 3. The molecule has 0 amide bonds. The Hall–Kier alpha value is -4.28. The van der Waals surface area contributed by atoms with Crippen molar-refractivity contribution in [2.45, 2.75) is 26.3 Å². The van der Waals surface area contributed by atoms with Gasteiger partial charge in [-0.1, -0.05) is 24.3 Å². The number of H-pyrrole nitrogens is 1. The number of hydrogen-bond acceptors (Lipinski definition) is 6. The third-order valence-corrected chi connectivity index (χ3v) is 4.80. The van der Waals surface area contributed by atoms with Crippen molar-refractivity contribution in [1.82, 2.24) is 14.7 Å². The molecule has 0 spiro atoms. The summed E-state index contributed by atoms with van der Waals surface area (Å²) in [6.45, 7) is 1.86. The van der Waals surface area contributed by atoms with Crippen molar-refractivity contribution in [2.24, 2.45) is 0 Å². The topological polar surface area (TPSA) is 103 Å². The highest BCUT2D eigenvalue weighted by atomic mass is 19.4. The van der Waals surface area contributed by atoms with E-state index in [1.54, 1.807) is 37.3 Å². The van der Waals surface area contributed by atoms with Gasteiger partial charge in [0.1, 0.15) is 23.8 Å². The Bertz CT molecular complexity index is 1430. The molecule has 34 heavy (non-hydrogen) atoms. The molecule has 2 aromatic carbocycles. The summed E-state index contributed by atoms with van der Waals surface area (Å²) in [5, 5.41) is 0. The van der Waals surface area contributed by atoms with Gasteiger partial charge in [0.05, 0.1) is 12.1 Å². The van der Waals surface area contributed by atoms with Crippen molar-refractivity contribution in [3.63, 3.8) is 0 Å². The summed E-state index contributed by atoms with van der Waals surface area (Å²) in [7, 11) is 0. The molecule has 2 aromatic heterocycles. The molecule has 0 saturated heterocycles. The van der Waals surface area contributed by atoms with Gasteiger partial charge in [0.15, 0.2) is 0 Å². The van der Waals surface area contributed by atoms with E-state index in [-0.39, 0.29) is 19.0 Å². The molecule has 8 nitrogen and oxygen atoms in total. The van der Waals surface area contributed by atoms with Crippen molar-refractivity contribution >= 4 is 6.08 Å². The second-order valence-corrected chi connectivity index (χ2v) is 7.23. The molecule has 1 N–H and O–H groups in total. The lowest BCUT2D eigenvalue weighted by Gasteiger charge is -2.06. The molecule has 0 aliphatic rings. The molecule has 4 rings (SSSR count). The molecular weight excluding hydrogens is 455 g/mol. The van der Waals surface area contributed by atoms with Crippen molar-refractivity contribution < 1.29 is 26.8 Å². The van der Waals surface area contributed by atoms with Crippen LogP contribution in [0.3, 0.4) is 0 Å². The monoisotopic (exact) mass is 473 g/mol. The number of nitrogens with zero attached hydrogens (tertiary/aromatic N) is 2. The summed E-state index contributed by atoms with van der Waals surface area (Å²) < 4.78 is 55.2. The van der Waals surface area contributed by atoms with E-state index < -0.39 is 23.2 Å². The van der Waals surface area contributed by atoms with E-state index in [9.17, 15) is 22.8 Å². The van der Waals surface area contributed by atoms with Crippen molar-refractivity contribution in [1.29, 1.82) is 0 Å². The number of nitrogens with one attached hydrogen (secondary N) is 1. The quantitative estimate of drug-likeness (QED) is 0.427. The van der Waals surface area contributed by atoms with Gasteiger partial charge < -0.3 is 13.7 Å². The fourth-order valence-corrected chi connectivity index (χ4v) is 3.07. The van der Waals surface area contributed by atoms with E-state index in [4.69, 9.17) is 9.15 Å². The summed E-state index contributed by atoms with van der Waals surface area (Å²) in [5.41, 5.74) is 0.336. The van der Waals surface area contributed by atoms with Crippen LogP contribution >= 0.6 is 0 Å². The van der Waals surface area contributed by atoms with Crippen LogP contribution in [0.5, 0.6) is 5.75 Å². The maximum absolute atomic E-state index is 12.8. The van der Waals surface area contributed by atoms with Gasteiger partial charge in [-0.05, 0) is 48.9 Å². The van der Waals surface area contributed by atoms with Crippen LogP contribution in [-0.2, 0) is 19.3 Å². The SMILES string of the molecule is Cc1oc(-c2ccc(C(F)(F)F)cc2)nc1COc1cccc(/C=C/Cn2oc(=O)[nH]c2=O)c1. The number of benzene rings is 2. The minimum Gasteiger partial charge on any atom is -0.487 e. The zero-order valence-electron chi connectivity index (χ0n) is 17.8. The van der Waals surface area contributed by atoms with Crippen LogP contribution in [-0.4, -0.2) is 14.7 Å². The maximum atomic E-state index is 12.8. The van der Waals surface area contributed by atoms with Crippen molar-refractivity contribution in [2.75, 3.05) is 0 Å². The van der Waals surface area contributed by atoms with Crippen LogP contribution in [0.15, 0.2) is 73.1 Å². The third-order valence-electron chi connectivity index (χ3n) is 4.80. The van der Waals surface area contributed by atoms with Gasteiger partial charge in [-0.15, -0.1) is 4.74 Å². The normalized spacial score (nSPS) is 11.9. The Morgan fingerprint density at radius 3 is 2.59 bits per heavy atom. The Balaban J connectivity index is 1.40. The fourth-order valence-electron chi connectivity index (χ4n) is 3.07. The van der Waals surface area contributed by atoms with E-state index in [0.717, 1.165) is 22.4 Å². The molecule has 0 fully saturated rings. The Morgan fingerprint density at radius 2 is 1.91 bits per heavy atom. The first-order chi connectivity index (χ1) is 16.2. The Morgan fingerprint density at radius 1 is 1.15 bits per heavy atom. The number of rotatable bonds is 7. The highest BCUT2D eigenvalue weighted by Gasteiger charge is 2.30. The van der Waals surface area contributed by atoms with Gasteiger partial charge in [-0.3, -0.25) is 0 Å². The average Bonchev–Trinajstić information content (AvgIpc) is 3.32. The predicted molar refractivity (Wildman–Crippen MR) is 115 cm³/mol. The zero-order chi connectivity index (χ0) is 24.3. The number of aromatic amines is 1. The minimum absolute atomic E-state index is 0.0769. The van der Waals surface area contributed by atoms with E-state index in [0.29, 0.717) is 22.8 Å². The van der Waals surface area contributed by atoms with Crippen molar-refractivity contribution in [3.8, 4) is 17.2 Å². The first-order valence-corrected chi connectivity index (χ1v) is 10.0. The molecule has 0 aliphatic heterocycles. The fraction of sp³-hybridized carbons (Fsp3) is 0.174. The molecule has 0 unspecified atom stereocenters. The number of allylic oxidation sites excluding steroid dienone is 1. The Labute approximate surface area is 189 Å². The number of oxazole rings is 1. The zero-order valence-corrected chi connectivity index (χ0v) is 17.8. The average molecular weight is 473 g/mol. The van der Waals surface area contributed by atoms with Crippen LogP contribution < -0.4 is 16.2 Å². The number of hydrogen-bond donors (Lipinski definition) is 1. The third kappa shape index (κ3) is 5.37. The molecular formula is C23H18F3N3O5. The Kier molecular flexibility index (Phi) is 6.26. The van der Waals surface area contributed by atoms with Gasteiger partial charge in [-0.2, -0.15) is 13.2 Å². The summed E-state index contributed by atoms with van der Waals surface area (Å²) in [6, 6.07) is 11.7. The summed E-state index contributed by atoms with van der Waals surface area (Å²) in [6.07, 6.45) is -1.03.